The molecule has 0 saturated carbocycles. The molecule has 0 fully saturated rings. The maximum absolute atomic E-state index is 12.2. The van der Waals surface area contributed by atoms with Gasteiger partial charge in [0.1, 0.15) is 5.75 Å². The molecule has 0 aliphatic heterocycles. The van der Waals surface area contributed by atoms with Crippen molar-refractivity contribution in [2.24, 2.45) is 0 Å². The average Bonchev–Trinajstić information content (AvgIpc) is 2.64. The number of rotatable bonds is 11. The van der Waals surface area contributed by atoms with Gasteiger partial charge in [0.15, 0.2) is 0 Å². The standard InChI is InChI=1S/C22H30N2O2/c1-2-3-4-5-8-16-26-20-12-9-11-19(17-20)24-22(25)15-14-18-10-6-7-13-21(18)23/h6-7,9-13,17H,2-5,8,14-16,23H2,1H3,(H,24,25). The highest BCUT2D eigenvalue weighted by molar-refractivity contribution is 5.91. The molecule has 3 N–H and O–H groups in total. The fourth-order valence-corrected chi connectivity index (χ4v) is 2.79. The van der Waals surface area contributed by atoms with Crippen LogP contribution in [0.15, 0.2) is 48.5 Å². The summed E-state index contributed by atoms with van der Waals surface area (Å²) in [6.45, 7) is 2.93. The quantitative estimate of drug-likeness (QED) is 0.431. The van der Waals surface area contributed by atoms with Crippen LogP contribution in [0.3, 0.4) is 0 Å². The van der Waals surface area contributed by atoms with E-state index in [0.717, 1.165) is 29.1 Å². The van der Waals surface area contributed by atoms with Gasteiger partial charge in [-0.1, -0.05) is 56.9 Å². The number of hydrogen-bond donors (Lipinski definition) is 2. The van der Waals surface area contributed by atoms with E-state index in [1.165, 1.54) is 25.7 Å². The number of unbranched alkanes of at least 4 members (excludes halogenated alkanes) is 4. The van der Waals surface area contributed by atoms with Crippen molar-refractivity contribution in [3.63, 3.8) is 0 Å². The van der Waals surface area contributed by atoms with Crippen LogP contribution in [0.5, 0.6) is 5.75 Å². The Kier molecular flexibility index (Phi) is 8.53. The molecule has 26 heavy (non-hydrogen) atoms. The summed E-state index contributed by atoms with van der Waals surface area (Å²) >= 11 is 0. The van der Waals surface area contributed by atoms with Gasteiger partial charge in [-0.15, -0.1) is 0 Å². The SMILES string of the molecule is CCCCCCCOc1cccc(NC(=O)CCc2ccccc2N)c1. The first-order valence-electron chi connectivity index (χ1n) is 9.55. The molecule has 0 bridgehead atoms. The summed E-state index contributed by atoms with van der Waals surface area (Å²) in [6.07, 6.45) is 7.10. The Morgan fingerprint density at radius 1 is 1.04 bits per heavy atom. The van der Waals surface area contributed by atoms with E-state index in [1.807, 2.05) is 48.5 Å². The zero-order valence-electron chi connectivity index (χ0n) is 15.7. The van der Waals surface area contributed by atoms with E-state index in [0.29, 0.717) is 19.4 Å². The van der Waals surface area contributed by atoms with Crippen molar-refractivity contribution in [2.75, 3.05) is 17.7 Å². The molecule has 2 aromatic carbocycles. The maximum Gasteiger partial charge on any atom is 0.224 e. The number of nitrogen functional groups attached to an aromatic ring is 1. The number of benzene rings is 2. The van der Waals surface area contributed by atoms with Crippen molar-refractivity contribution in [3.05, 3.63) is 54.1 Å². The zero-order valence-corrected chi connectivity index (χ0v) is 15.7. The van der Waals surface area contributed by atoms with Crippen molar-refractivity contribution >= 4 is 17.3 Å². The second kappa shape index (κ2) is 11.2. The Morgan fingerprint density at radius 3 is 2.65 bits per heavy atom. The van der Waals surface area contributed by atoms with Gasteiger partial charge in [0.25, 0.3) is 0 Å². The van der Waals surface area contributed by atoms with E-state index in [4.69, 9.17) is 10.5 Å². The number of para-hydroxylation sites is 1. The summed E-state index contributed by atoms with van der Waals surface area (Å²) in [5.41, 5.74) is 8.41. The third-order valence-corrected chi connectivity index (χ3v) is 4.31. The van der Waals surface area contributed by atoms with Crippen LogP contribution >= 0.6 is 0 Å². The monoisotopic (exact) mass is 354 g/mol. The van der Waals surface area contributed by atoms with Crippen LogP contribution in [0.4, 0.5) is 11.4 Å². The molecule has 2 rings (SSSR count). The number of aryl methyl sites for hydroxylation is 1. The zero-order chi connectivity index (χ0) is 18.6. The van der Waals surface area contributed by atoms with E-state index in [2.05, 4.69) is 12.2 Å². The summed E-state index contributed by atoms with van der Waals surface area (Å²) in [6, 6.07) is 15.2. The Balaban J connectivity index is 1.75. The predicted molar refractivity (Wildman–Crippen MR) is 109 cm³/mol. The fraction of sp³-hybridized carbons (Fsp3) is 0.409. The number of nitrogens with one attached hydrogen (secondary N) is 1. The molecular formula is C22H30N2O2. The molecule has 2 aromatic rings. The van der Waals surface area contributed by atoms with Gasteiger partial charge in [0, 0.05) is 23.9 Å². The fourth-order valence-electron chi connectivity index (χ4n) is 2.79. The average molecular weight is 354 g/mol. The van der Waals surface area contributed by atoms with Gasteiger partial charge in [-0.05, 0) is 36.6 Å². The van der Waals surface area contributed by atoms with Crippen molar-refractivity contribution in [1.29, 1.82) is 0 Å². The Morgan fingerprint density at radius 2 is 1.85 bits per heavy atom. The topological polar surface area (TPSA) is 64.3 Å². The predicted octanol–water partition coefficient (Wildman–Crippen LogP) is 5.19. The van der Waals surface area contributed by atoms with Crippen molar-refractivity contribution in [2.45, 2.75) is 51.9 Å². The molecule has 0 spiro atoms. The number of hydrogen-bond acceptors (Lipinski definition) is 3. The summed E-state index contributed by atoms with van der Waals surface area (Å²) in [5.74, 6) is 0.774. The molecule has 0 aliphatic rings. The van der Waals surface area contributed by atoms with E-state index in [-0.39, 0.29) is 5.91 Å². The van der Waals surface area contributed by atoms with E-state index in [1.54, 1.807) is 0 Å². The molecule has 1 amide bonds. The number of nitrogens with two attached hydrogens (primary N) is 1. The van der Waals surface area contributed by atoms with Crippen LogP contribution in [-0.2, 0) is 11.2 Å². The van der Waals surface area contributed by atoms with Crippen molar-refractivity contribution < 1.29 is 9.53 Å². The van der Waals surface area contributed by atoms with Crippen molar-refractivity contribution in [3.8, 4) is 5.75 Å². The molecule has 0 aliphatic carbocycles. The highest BCUT2D eigenvalue weighted by Crippen LogP contribution is 2.19. The lowest BCUT2D eigenvalue weighted by Gasteiger charge is -2.10. The molecule has 0 atom stereocenters. The third-order valence-electron chi connectivity index (χ3n) is 4.31. The van der Waals surface area contributed by atoms with Gasteiger partial charge in [0.05, 0.1) is 6.61 Å². The van der Waals surface area contributed by atoms with E-state index in [9.17, 15) is 4.79 Å². The van der Waals surface area contributed by atoms with Gasteiger partial charge in [0.2, 0.25) is 5.91 Å². The van der Waals surface area contributed by atoms with Gasteiger partial charge in [-0.25, -0.2) is 0 Å². The normalized spacial score (nSPS) is 10.5. The Bertz CT molecular complexity index is 685. The second-order valence-electron chi connectivity index (χ2n) is 6.54. The smallest absolute Gasteiger partial charge is 0.224 e. The number of carbonyl (C=O) groups is 1. The van der Waals surface area contributed by atoms with Crippen LogP contribution < -0.4 is 15.8 Å². The molecule has 0 aromatic heterocycles. The molecule has 0 saturated heterocycles. The van der Waals surface area contributed by atoms with Gasteiger partial charge < -0.3 is 15.8 Å². The van der Waals surface area contributed by atoms with Crippen LogP contribution in [0, 0.1) is 0 Å². The molecule has 140 valence electrons. The van der Waals surface area contributed by atoms with E-state index >= 15 is 0 Å². The van der Waals surface area contributed by atoms with Crippen LogP contribution in [0.25, 0.3) is 0 Å². The van der Waals surface area contributed by atoms with Crippen LogP contribution in [0.1, 0.15) is 51.0 Å². The number of amides is 1. The van der Waals surface area contributed by atoms with Gasteiger partial charge in [-0.3, -0.25) is 4.79 Å². The lowest BCUT2D eigenvalue weighted by Crippen LogP contribution is -2.12. The largest absolute Gasteiger partial charge is 0.494 e. The summed E-state index contributed by atoms with van der Waals surface area (Å²) in [5, 5.41) is 2.93. The molecule has 4 nitrogen and oxygen atoms in total. The minimum absolute atomic E-state index is 0.0232. The first kappa shape index (κ1) is 19.8. The van der Waals surface area contributed by atoms with Crippen molar-refractivity contribution in [1.82, 2.24) is 0 Å². The Hall–Kier alpha value is -2.49. The molecule has 0 heterocycles. The second-order valence-corrected chi connectivity index (χ2v) is 6.54. The summed E-state index contributed by atoms with van der Waals surface area (Å²) in [7, 11) is 0. The van der Waals surface area contributed by atoms with Gasteiger partial charge in [-0.2, -0.15) is 0 Å². The Labute approximate surface area is 156 Å². The number of carbonyl (C=O) groups excluding carboxylic acids is 1. The molecular weight excluding hydrogens is 324 g/mol. The summed E-state index contributed by atoms with van der Waals surface area (Å²) < 4.78 is 5.79. The molecule has 0 radical (unpaired) electrons. The maximum atomic E-state index is 12.2. The van der Waals surface area contributed by atoms with E-state index < -0.39 is 0 Å². The number of ether oxygens (including phenoxy) is 1. The van der Waals surface area contributed by atoms with Gasteiger partial charge >= 0.3 is 0 Å². The first-order chi connectivity index (χ1) is 12.7. The summed E-state index contributed by atoms with van der Waals surface area (Å²) in [4.78, 5) is 12.2. The minimum atomic E-state index is -0.0232. The lowest BCUT2D eigenvalue weighted by atomic mass is 10.1. The van der Waals surface area contributed by atoms with Crippen LogP contribution in [0.2, 0.25) is 0 Å². The highest BCUT2D eigenvalue weighted by atomic mass is 16.5. The lowest BCUT2D eigenvalue weighted by molar-refractivity contribution is -0.116. The highest BCUT2D eigenvalue weighted by Gasteiger charge is 2.06. The first-order valence-corrected chi connectivity index (χ1v) is 9.55. The third kappa shape index (κ3) is 7.18. The number of anilines is 2. The molecule has 4 heteroatoms. The minimum Gasteiger partial charge on any atom is -0.494 e. The van der Waals surface area contributed by atoms with Crippen LogP contribution in [-0.4, -0.2) is 12.5 Å². The molecule has 0 unspecified atom stereocenters.